The molecule has 1 aromatic heterocycles. The summed E-state index contributed by atoms with van der Waals surface area (Å²) in [5.74, 6) is 1.65. The first-order valence-electron chi connectivity index (χ1n) is 5.73. The minimum absolute atomic E-state index is 0.553. The van der Waals surface area contributed by atoms with Gasteiger partial charge >= 0.3 is 0 Å². The van der Waals surface area contributed by atoms with Gasteiger partial charge in [0.05, 0.1) is 11.8 Å². The van der Waals surface area contributed by atoms with Crippen LogP contribution in [0.2, 0.25) is 0 Å². The fraction of sp³-hybridized carbons (Fsp3) is 0.667. The lowest BCUT2D eigenvalue weighted by molar-refractivity contribution is 0.694. The molecule has 0 aromatic carbocycles. The normalized spacial score (nSPS) is 16.8. The van der Waals surface area contributed by atoms with Crippen molar-refractivity contribution in [3.63, 3.8) is 0 Å². The van der Waals surface area contributed by atoms with Crippen LogP contribution >= 0.6 is 0 Å². The van der Waals surface area contributed by atoms with Crippen molar-refractivity contribution in [3.8, 4) is 6.07 Å². The highest BCUT2D eigenvalue weighted by Gasteiger charge is 2.21. The number of aryl methyl sites for hydroxylation is 2. The van der Waals surface area contributed by atoms with Gasteiger partial charge in [-0.3, -0.25) is 0 Å². The second-order valence-corrected chi connectivity index (χ2v) is 4.33. The third kappa shape index (κ3) is 2.20. The van der Waals surface area contributed by atoms with E-state index in [0.29, 0.717) is 12.3 Å². The van der Waals surface area contributed by atoms with Crippen molar-refractivity contribution < 1.29 is 0 Å². The van der Waals surface area contributed by atoms with Crippen LogP contribution in [0, 0.1) is 18.3 Å². The summed E-state index contributed by atoms with van der Waals surface area (Å²) in [4.78, 5) is 7.92. The first-order valence-corrected chi connectivity index (χ1v) is 5.73. The summed E-state index contributed by atoms with van der Waals surface area (Å²) in [5, 5.41) is 8.52. The average molecular weight is 203 g/mol. The van der Waals surface area contributed by atoms with Crippen LogP contribution in [0.3, 0.4) is 0 Å². The molecule has 0 unspecified atom stereocenters. The number of nitrogens with zero attached hydrogens (tertiary/aromatic N) is 2. The highest BCUT2D eigenvalue weighted by molar-refractivity contribution is 5.19. The molecule has 2 rings (SSSR count). The van der Waals surface area contributed by atoms with Gasteiger partial charge < -0.3 is 4.98 Å². The van der Waals surface area contributed by atoms with E-state index in [9.17, 15) is 0 Å². The fourth-order valence-corrected chi connectivity index (χ4v) is 2.43. The van der Waals surface area contributed by atoms with Crippen LogP contribution in [0.5, 0.6) is 0 Å². The van der Waals surface area contributed by atoms with Gasteiger partial charge in [-0.15, -0.1) is 0 Å². The van der Waals surface area contributed by atoms with Crippen molar-refractivity contribution in [3.05, 3.63) is 17.2 Å². The molecule has 0 aliphatic heterocycles. The van der Waals surface area contributed by atoms with Crippen molar-refractivity contribution in [1.82, 2.24) is 9.97 Å². The Hall–Kier alpha value is -1.30. The zero-order valence-electron chi connectivity index (χ0n) is 9.21. The van der Waals surface area contributed by atoms with Gasteiger partial charge in [0.2, 0.25) is 0 Å². The van der Waals surface area contributed by atoms with Crippen LogP contribution in [-0.4, -0.2) is 9.97 Å². The topological polar surface area (TPSA) is 52.5 Å². The predicted molar refractivity (Wildman–Crippen MR) is 58.5 cm³/mol. The first-order chi connectivity index (χ1) is 7.31. The number of hydrogen-bond donors (Lipinski definition) is 1. The summed E-state index contributed by atoms with van der Waals surface area (Å²) in [6, 6.07) is 2.15. The Morgan fingerprint density at radius 1 is 1.47 bits per heavy atom. The van der Waals surface area contributed by atoms with Crippen LogP contribution in [0.4, 0.5) is 0 Å². The molecule has 0 spiro atoms. The third-order valence-corrected chi connectivity index (χ3v) is 3.19. The lowest BCUT2D eigenvalue weighted by Crippen LogP contribution is -1.95. The lowest BCUT2D eigenvalue weighted by Gasteiger charge is -2.05. The Morgan fingerprint density at radius 2 is 2.20 bits per heavy atom. The van der Waals surface area contributed by atoms with Crippen LogP contribution in [-0.2, 0) is 6.42 Å². The van der Waals surface area contributed by atoms with E-state index in [-0.39, 0.29) is 0 Å². The molecule has 0 amide bonds. The predicted octanol–water partition coefficient (Wildman–Crippen LogP) is 2.83. The van der Waals surface area contributed by atoms with E-state index in [1.165, 1.54) is 37.1 Å². The SMILES string of the molecule is Cc1[nH]c(CCC#N)nc1C1CCCC1. The van der Waals surface area contributed by atoms with E-state index in [2.05, 4.69) is 23.0 Å². The zero-order chi connectivity index (χ0) is 10.7. The van der Waals surface area contributed by atoms with Gasteiger partial charge in [-0.05, 0) is 19.8 Å². The van der Waals surface area contributed by atoms with Gasteiger partial charge in [-0.1, -0.05) is 12.8 Å². The van der Waals surface area contributed by atoms with Crippen molar-refractivity contribution in [1.29, 1.82) is 5.26 Å². The largest absolute Gasteiger partial charge is 0.346 e. The summed E-state index contributed by atoms with van der Waals surface area (Å²) in [7, 11) is 0. The molecule has 1 N–H and O–H groups in total. The third-order valence-electron chi connectivity index (χ3n) is 3.19. The van der Waals surface area contributed by atoms with Crippen molar-refractivity contribution >= 4 is 0 Å². The fourth-order valence-electron chi connectivity index (χ4n) is 2.43. The Balaban J connectivity index is 2.10. The molecule has 80 valence electrons. The highest BCUT2D eigenvalue weighted by Crippen LogP contribution is 2.34. The van der Waals surface area contributed by atoms with Gasteiger partial charge in [0.25, 0.3) is 0 Å². The molecule has 3 nitrogen and oxygen atoms in total. The summed E-state index contributed by atoms with van der Waals surface area (Å²) < 4.78 is 0. The Bertz CT molecular complexity index is 367. The Kier molecular flexibility index (Phi) is 3.05. The molecule has 0 bridgehead atoms. The molecule has 1 saturated carbocycles. The average Bonchev–Trinajstić information content (AvgIpc) is 2.83. The molecule has 1 aromatic rings. The van der Waals surface area contributed by atoms with E-state index in [0.717, 1.165) is 12.2 Å². The number of imidazole rings is 1. The molecule has 0 radical (unpaired) electrons. The second kappa shape index (κ2) is 4.48. The molecular weight excluding hydrogens is 186 g/mol. The number of aromatic amines is 1. The molecule has 1 fully saturated rings. The zero-order valence-corrected chi connectivity index (χ0v) is 9.21. The second-order valence-electron chi connectivity index (χ2n) is 4.33. The molecule has 0 atom stereocenters. The van der Waals surface area contributed by atoms with E-state index in [4.69, 9.17) is 5.26 Å². The summed E-state index contributed by atoms with van der Waals surface area (Å²) in [6.07, 6.45) is 6.54. The van der Waals surface area contributed by atoms with Crippen LogP contribution in [0.25, 0.3) is 0 Å². The monoisotopic (exact) mass is 203 g/mol. The van der Waals surface area contributed by atoms with Gasteiger partial charge in [0.15, 0.2) is 0 Å². The number of rotatable bonds is 3. The number of nitriles is 1. The maximum absolute atomic E-state index is 8.52. The van der Waals surface area contributed by atoms with Crippen LogP contribution < -0.4 is 0 Å². The van der Waals surface area contributed by atoms with Crippen LogP contribution in [0.15, 0.2) is 0 Å². The molecule has 15 heavy (non-hydrogen) atoms. The molecule has 1 heterocycles. The maximum Gasteiger partial charge on any atom is 0.107 e. The summed E-state index contributed by atoms with van der Waals surface area (Å²) in [5.41, 5.74) is 2.45. The summed E-state index contributed by atoms with van der Waals surface area (Å²) >= 11 is 0. The van der Waals surface area contributed by atoms with E-state index >= 15 is 0 Å². The molecule has 1 aliphatic rings. The molecule has 0 saturated heterocycles. The maximum atomic E-state index is 8.52. The van der Waals surface area contributed by atoms with Crippen LogP contribution in [0.1, 0.15) is 55.2 Å². The number of H-pyrrole nitrogens is 1. The van der Waals surface area contributed by atoms with Crippen molar-refractivity contribution in [2.24, 2.45) is 0 Å². The highest BCUT2D eigenvalue weighted by atomic mass is 14.9. The smallest absolute Gasteiger partial charge is 0.107 e. The molecule has 3 heteroatoms. The first kappa shape index (κ1) is 10.2. The number of hydrogen-bond acceptors (Lipinski definition) is 2. The molecule has 1 aliphatic carbocycles. The number of nitrogens with one attached hydrogen (secondary N) is 1. The summed E-state index contributed by atoms with van der Waals surface area (Å²) in [6.45, 7) is 2.09. The number of aromatic nitrogens is 2. The van der Waals surface area contributed by atoms with Gasteiger partial charge in [-0.2, -0.15) is 5.26 Å². The van der Waals surface area contributed by atoms with Gasteiger partial charge in [-0.25, -0.2) is 4.98 Å². The van der Waals surface area contributed by atoms with Crippen molar-refractivity contribution in [2.75, 3.05) is 0 Å². The Morgan fingerprint density at radius 3 is 2.87 bits per heavy atom. The van der Waals surface area contributed by atoms with E-state index < -0.39 is 0 Å². The standard InChI is InChI=1S/C12H17N3/c1-9-12(10-5-2-3-6-10)15-11(14-9)7-4-8-13/h10H,2-7H2,1H3,(H,14,15). The Labute approximate surface area is 90.5 Å². The molecular formula is C12H17N3. The van der Waals surface area contributed by atoms with Gasteiger partial charge in [0.1, 0.15) is 5.82 Å². The van der Waals surface area contributed by atoms with E-state index in [1.807, 2.05) is 0 Å². The van der Waals surface area contributed by atoms with Gasteiger partial charge in [0, 0.05) is 24.5 Å². The minimum Gasteiger partial charge on any atom is -0.346 e. The quantitative estimate of drug-likeness (QED) is 0.821. The minimum atomic E-state index is 0.553. The van der Waals surface area contributed by atoms with E-state index in [1.54, 1.807) is 0 Å². The lowest BCUT2D eigenvalue weighted by atomic mass is 10.0. The van der Waals surface area contributed by atoms with Crippen molar-refractivity contribution in [2.45, 2.75) is 51.4 Å².